The third kappa shape index (κ3) is 2.84. The van der Waals surface area contributed by atoms with Gasteiger partial charge in [0.2, 0.25) is 5.91 Å². The molecule has 23 heavy (non-hydrogen) atoms. The van der Waals surface area contributed by atoms with Gasteiger partial charge in [0.15, 0.2) is 5.78 Å². The summed E-state index contributed by atoms with van der Waals surface area (Å²) in [6.07, 6.45) is 0.252. The van der Waals surface area contributed by atoms with E-state index in [9.17, 15) is 9.59 Å². The molecule has 1 atom stereocenters. The van der Waals surface area contributed by atoms with Crippen molar-refractivity contribution < 1.29 is 9.59 Å². The minimum Gasteiger partial charge on any atom is -0.378 e. The Morgan fingerprint density at radius 1 is 1.13 bits per heavy atom. The third-order valence-electron chi connectivity index (χ3n) is 4.33. The molecule has 1 unspecified atom stereocenters. The van der Waals surface area contributed by atoms with Crippen LogP contribution in [0.3, 0.4) is 0 Å². The van der Waals surface area contributed by atoms with Crippen LogP contribution in [-0.4, -0.2) is 25.8 Å². The molecule has 0 radical (unpaired) electrons. The number of fused-ring (bicyclic) bond motifs is 1. The minimum absolute atomic E-state index is 0.0480. The van der Waals surface area contributed by atoms with Gasteiger partial charge in [0, 0.05) is 37.5 Å². The van der Waals surface area contributed by atoms with Crippen molar-refractivity contribution >= 4 is 23.1 Å². The lowest BCUT2D eigenvalue weighted by Gasteiger charge is -2.15. The molecule has 1 aliphatic rings. The number of benzene rings is 2. The van der Waals surface area contributed by atoms with E-state index in [-0.39, 0.29) is 18.1 Å². The SMILES string of the molecule is Cc1cccc2c1C(C(=O)Nc1ccc(N(C)C)cc1)CC2=O. The Morgan fingerprint density at radius 2 is 1.83 bits per heavy atom. The Kier molecular flexibility index (Phi) is 3.90. The van der Waals surface area contributed by atoms with E-state index in [1.54, 1.807) is 0 Å². The number of amides is 1. The van der Waals surface area contributed by atoms with Crippen LogP contribution in [0.2, 0.25) is 0 Å². The molecule has 0 bridgehead atoms. The molecule has 0 spiro atoms. The van der Waals surface area contributed by atoms with Crippen LogP contribution in [0.25, 0.3) is 0 Å². The van der Waals surface area contributed by atoms with E-state index in [0.29, 0.717) is 5.56 Å². The summed E-state index contributed by atoms with van der Waals surface area (Å²) in [5.74, 6) is -0.469. The van der Waals surface area contributed by atoms with Gasteiger partial charge in [-0.3, -0.25) is 9.59 Å². The normalized spacial score (nSPS) is 16.1. The van der Waals surface area contributed by atoms with Crippen molar-refractivity contribution in [1.82, 2.24) is 0 Å². The maximum Gasteiger partial charge on any atom is 0.232 e. The van der Waals surface area contributed by atoms with Gasteiger partial charge in [-0.2, -0.15) is 0 Å². The first kappa shape index (κ1) is 15.3. The highest BCUT2D eigenvalue weighted by atomic mass is 16.2. The minimum atomic E-state index is -0.396. The zero-order chi connectivity index (χ0) is 16.6. The molecule has 0 aromatic heterocycles. The zero-order valence-electron chi connectivity index (χ0n) is 13.6. The van der Waals surface area contributed by atoms with Crippen LogP contribution in [0.1, 0.15) is 33.8 Å². The van der Waals surface area contributed by atoms with Gasteiger partial charge in [-0.25, -0.2) is 0 Å². The summed E-state index contributed by atoms with van der Waals surface area (Å²) in [5, 5.41) is 2.93. The van der Waals surface area contributed by atoms with Crippen molar-refractivity contribution in [1.29, 1.82) is 0 Å². The van der Waals surface area contributed by atoms with Gasteiger partial charge in [-0.1, -0.05) is 18.2 Å². The smallest absolute Gasteiger partial charge is 0.232 e. The van der Waals surface area contributed by atoms with E-state index in [1.165, 1.54) is 0 Å². The molecule has 4 heteroatoms. The number of aryl methyl sites for hydroxylation is 1. The Hall–Kier alpha value is -2.62. The Balaban J connectivity index is 1.81. The molecule has 0 heterocycles. The molecule has 0 saturated heterocycles. The highest BCUT2D eigenvalue weighted by Gasteiger charge is 2.35. The number of nitrogens with zero attached hydrogens (tertiary/aromatic N) is 1. The maximum atomic E-state index is 12.6. The standard InChI is InChI=1S/C19H20N2O2/c1-12-5-4-6-15-17(22)11-16(18(12)15)19(23)20-13-7-9-14(10-8-13)21(2)3/h4-10,16H,11H2,1-3H3,(H,20,23). The molecule has 3 rings (SSSR count). The molecule has 1 N–H and O–H groups in total. The van der Waals surface area contributed by atoms with E-state index in [1.807, 2.05) is 68.4 Å². The molecule has 2 aromatic carbocycles. The zero-order valence-corrected chi connectivity index (χ0v) is 13.6. The molecule has 4 nitrogen and oxygen atoms in total. The molecule has 118 valence electrons. The number of carbonyl (C=O) groups excluding carboxylic acids is 2. The van der Waals surface area contributed by atoms with Crippen molar-refractivity contribution in [2.75, 3.05) is 24.3 Å². The summed E-state index contributed by atoms with van der Waals surface area (Å²) in [4.78, 5) is 26.7. The number of carbonyl (C=O) groups is 2. The molecule has 0 fully saturated rings. The topological polar surface area (TPSA) is 49.4 Å². The third-order valence-corrected chi connectivity index (χ3v) is 4.33. The molecule has 1 amide bonds. The molecule has 0 aliphatic heterocycles. The summed E-state index contributed by atoms with van der Waals surface area (Å²) in [7, 11) is 3.94. The second-order valence-electron chi connectivity index (χ2n) is 6.15. The van der Waals surface area contributed by atoms with Gasteiger partial charge in [-0.15, -0.1) is 0 Å². The first-order valence-corrected chi connectivity index (χ1v) is 7.68. The van der Waals surface area contributed by atoms with Gasteiger partial charge in [-0.05, 0) is 42.3 Å². The van der Waals surface area contributed by atoms with Gasteiger partial charge in [0.05, 0.1) is 5.92 Å². The second kappa shape index (κ2) is 5.88. The average Bonchev–Trinajstić information content (AvgIpc) is 2.87. The highest BCUT2D eigenvalue weighted by molar-refractivity contribution is 6.09. The molecule has 0 saturated carbocycles. The van der Waals surface area contributed by atoms with Crippen LogP contribution >= 0.6 is 0 Å². The van der Waals surface area contributed by atoms with Crippen LogP contribution in [0.5, 0.6) is 0 Å². The Morgan fingerprint density at radius 3 is 2.48 bits per heavy atom. The second-order valence-corrected chi connectivity index (χ2v) is 6.15. The van der Waals surface area contributed by atoms with E-state index >= 15 is 0 Å². The fraction of sp³-hybridized carbons (Fsp3) is 0.263. The summed E-state index contributed by atoms with van der Waals surface area (Å²) in [6, 6.07) is 13.3. The van der Waals surface area contributed by atoms with Crippen LogP contribution in [0.15, 0.2) is 42.5 Å². The van der Waals surface area contributed by atoms with Crippen LogP contribution in [0.4, 0.5) is 11.4 Å². The van der Waals surface area contributed by atoms with E-state index in [2.05, 4.69) is 5.32 Å². The Labute approximate surface area is 136 Å². The lowest BCUT2D eigenvalue weighted by molar-refractivity contribution is -0.117. The van der Waals surface area contributed by atoms with Gasteiger partial charge in [0.25, 0.3) is 0 Å². The van der Waals surface area contributed by atoms with E-state index < -0.39 is 5.92 Å². The Bertz CT molecular complexity index is 763. The van der Waals surface area contributed by atoms with Crippen molar-refractivity contribution in [3.05, 3.63) is 59.2 Å². The number of ketones is 1. The molecule has 1 aliphatic carbocycles. The van der Waals surface area contributed by atoms with Gasteiger partial charge >= 0.3 is 0 Å². The van der Waals surface area contributed by atoms with Crippen molar-refractivity contribution in [2.45, 2.75) is 19.3 Å². The quantitative estimate of drug-likeness (QED) is 0.946. The summed E-state index contributed by atoms with van der Waals surface area (Å²) >= 11 is 0. The van der Waals surface area contributed by atoms with Crippen LogP contribution in [0, 0.1) is 6.92 Å². The highest BCUT2D eigenvalue weighted by Crippen LogP contribution is 2.36. The fourth-order valence-electron chi connectivity index (χ4n) is 3.08. The van der Waals surface area contributed by atoms with E-state index in [0.717, 1.165) is 22.5 Å². The maximum absolute atomic E-state index is 12.6. The first-order chi connectivity index (χ1) is 11.0. The predicted molar refractivity (Wildman–Crippen MR) is 92.3 cm³/mol. The number of rotatable bonds is 3. The number of nitrogens with one attached hydrogen (secondary N) is 1. The lowest BCUT2D eigenvalue weighted by atomic mass is 9.96. The van der Waals surface area contributed by atoms with Crippen LogP contribution < -0.4 is 10.2 Å². The summed E-state index contributed by atoms with van der Waals surface area (Å²) in [5.41, 5.74) is 4.37. The number of hydrogen-bond donors (Lipinski definition) is 1. The number of anilines is 2. The fourth-order valence-corrected chi connectivity index (χ4v) is 3.08. The summed E-state index contributed by atoms with van der Waals surface area (Å²) in [6.45, 7) is 1.95. The molecular weight excluding hydrogens is 288 g/mol. The average molecular weight is 308 g/mol. The van der Waals surface area contributed by atoms with Crippen molar-refractivity contribution in [3.8, 4) is 0 Å². The largest absolute Gasteiger partial charge is 0.378 e. The predicted octanol–water partition coefficient (Wildman–Crippen LogP) is 3.37. The summed E-state index contributed by atoms with van der Waals surface area (Å²) < 4.78 is 0. The van der Waals surface area contributed by atoms with Crippen molar-refractivity contribution in [3.63, 3.8) is 0 Å². The van der Waals surface area contributed by atoms with Crippen molar-refractivity contribution in [2.24, 2.45) is 0 Å². The lowest BCUT2D eigenvalue weighted by Crippen LogP contribution is -2.20. The van der Waals surface area contributed by atoms with E-state index in [4.69, 9.17) is 0 Å². The number of hydrogen-bond acceptors (Lipinski definition) is 3. The first-order valence-electron chi connectivity index (χ1n) is 7.68. The molecular formula is C19H20N2O2. The molecule has 2 aromatic rings. The van der Waals surface area contributed by atoms with Gasteiger partial charge in [0.1, 0.15) is 0 Å². The van der Waals surface area contributed by atoms with Crippen LogP contribution in [-0.2, 0) is 4.79 Å². The monoisotopic (exact) mass is 308 g/mol. The van der Waals surface area contributed by atoms with Gasteiger partial charge < -0.3 is 10.2 Å². The number of Topliss-reactive ketones (excluding diaryl/α,β-unsaturated/α-hetero) is 1.